The Morgan fingerprint density at radius 1 is 1.50 bits per heavy atom. The van der Waals surface area contributed by atoms with Crippen molar-refractivity contribution in [2.75, 3.05) is 0 Å². The third-order valence-electron chi connectivity index (χ3n) is 2.11. The van der Waals surface area contributed by atoms with Crippen molar-refractivity contribution in [3.8, 4) is 0 Å². The van der Waals surface area contributed by atoms with Gasteiger partial charge < -0.3 is 0 Å². The van der Waals surface area contributed by atoms with Gasteiger partial charge in [-0.15, -0.1) is 0 Å². The number of rotatable bonds is 0. The second-order valence-electron chi connectivity index (χ2n) is 2.75. The van der Waals surface area contributed by atoms with Crippen LogP contribution in [0.2, 0.25) is 0 Å². The molecule has 1 aliphatic carbocycles. The molecule has 8 heavy (non-hydrogen) atoms. The van der Waals surface area contributed by atoms with E-state index in [1.54, 1.807) is 0 Å². The summed E-state index contributed by atoms with van der Waals surface area (Å²) in [6.45, 7) is 10.2. The fourth-order valence-electron chi connectivity index (χ4n) is 1.22. The van der Waals surface area contributed by atoms with E-state index in [0.29, 0.717) is 5.92 Å². The lowest BCUT2D eigenvalue weighted by Gasteiger charge is -2.03. The van der Waals surface area contributed by atoms with Gasteiger partial charge in [-0.05, 0) is 31.6 Å². The van der Waals surface area contributed by atoms with Crippen molar-refractivity contribution < 1.29 is 0 Å². The predicted molar refractivity (Wildman–Crippen MR) is 36.4 cm³/mol. The highest BCUT2D eigenvalue weighted by Crippen LogP contribution is 2.33. The first-order valence-corrected chi connectivity index (χ1v) is 3.23. The Balaban J connectivity index is 2.57. The van der Waals surface area contributed by atoms with Gasteiger partial charge in [-0.25, -0.2) is 0 Å². The van der Waals surface area contributed by atoms with Gasteiger partial charge in [0.2, 0.25) is 0 Å². The van der Waals surface area contributed by atoms with E-state index in [1.807, 2.05) is 0 Å². The predicted octanol–water partition coefficient (Wildman–Crippen LogP) is 2.42. The molecule has 0 heterocycles. The van der Waals surface area contributed by atoms with Crippen LogP contribution < -0.4 is 0 Å². The topological polar surface area (TPSA) is 0 Å². The van der Waals surface area contributed by atoms with E-state index in [9.17, 15) is 0 Å². The molecular weight excluding hydrogens is 96.1 g/mol. The highest BCUT2D eigenvalue weighted by Gasteiger charge is 2.20. The van der Waals surface area contributed by atoms with Gasteiger partial charge >= 0.3 is 0 Å². The van der Waals surface area contributed by atoms with Crippen molar-refractivity contribution in [2.45, 2.75) is 19.8 Å². The first-order valence-electron chi connectivity index (χ1n) is 3.23. The van der Waals surface area contributed by atoms with E-state index in [1.165, 1.54) is 18.4 Å². The van der Waals surface area contributed by atoms with Crippen LogP contribution in [0.4, 0.5) is 0 Å². The van der Waals surface area contributed by atoms with Gasteiger partial charge in [0.05, 0.1) is 0 Å². The molecule has 1 fully saturated rings. The minimum atomic E-state index is 0.546. The standard InChI is InChI=1S/C8H13/c1-6-4-5-7(2)8(6)3/h6-7H,1,3-5H2,2H3. The normalized spacial score (nSPS) is 38.5. The molecule has 0 amide bonds. The lowest BCUT2D eigenvalue weighted by atomic mass is 10.0. The summed E-state index contributed by atoms with van der Waals surface area (Å²) in [5.74, 6) is 1.28. The fraction of sp³-hybridized carbons (Fsp3) is 0.625. The summed E-state index contributed by atoms with van der Waals surface area (Å²) in [4.78, 5) is 0. The highest BCUT2D eigenvalue weighted by atomic mass is 14.3. The van der Waals surface area contributed by atoms with E-state index < -0.39 is 0 Å². The van der Waals surface area contributed by atoms with Crippen LogP contribution in [-0.2, 0) is 0 Å². The summed E-state index contributed by atoms with van der Waals surface area (Å²) in [6, 6.07) is 0. The minimum absolute atomic E-state index is 0.546. The molecule has 0 spiro atoms. The largest absolute Gasteiger partial charge is 0.0993 e. The van der Waals surface area contributed by atoms with Crippen LogP contribution in [0.15, 0.2) is 12.2 Å². The summed E-state index contributed by atoms with van der Waals surface area (Å²) in [6.07, 6.45) is 2.55. The molecule has 45 valence electrons. The van der Waals surface area contributed by atoms with Crippen LogP contribution in [0.3, 0.4) is 0 Å². The van der Waals surface area contributed by atoms with Crippen LogP contribution >= 0.6 is 0 Å². The van der Waals surface area contributed by atoms with Crippen molar-refractivity contribution in [1.29, 1.82) is 0 Å². The van der Waals surface area contributed by atoms with Crippen molar-refractivity contribution in [3.63, 3.8) is 0 Å². The van der Waals surface area contributed by atoms with Crippen LogP contribution in [0.1, 0.15) is 19.8 Å². The first kappa shape index (κ1) is 5.87. The van der Waals surface area contributed by atoms with Crippen molar-refractivity contribution in [3.05, 3.63) is 19.1 Å². The molecule has 0 saturated heterocycles. The molecule has 1 aliphatic rings. The zero-order valence-electron chi connectivity index (χ0n) is 5.48. The number of allylic oxidation sites excluding steroid dienone is 1. The highest BCUT2D eigenvalue weighted by molar-refractivity contribution is 5.10. The van der Waals surface area contributed by atoms with Crippen LogP contribution in [0, 0.1) is 18.8 Å². The van der Waals surface area contributed by atoms with Gasteiger partial charge in [-0.3, -0.25) is 0 Å². The molecule has 1 rings (SSSR count). The van der Waals surface area contributed by atoms with E-state index in [-0.39, 0.29) is 0 Å². The summed E-state index contributed by atoms with van der Waals surface area (Å²) in [5.41, 5.74) is 1.35. The zero-order valence-corrected chi connectivity index (χ0v) is 5.48. The number of hydrogen-bond acceptors (Lipinski definition) is 0. The maximum atomic E-state index is 3.97. The first-order chi connectivity index (χ1) is 3.72. The molecule has 1 radical (unpaired) electrons. The summed E-state index contributed by atoms with van der Waals surface area (Å²) in [7, 11) is 0. The van der Waals surface area contributed by atoms with Gasteiger partial charge in [0.15, 0.2) is 0 Å². The van der Waals surface area contributed by atoms with Crippen LogP contribution in [0.25, 0.3) is 0 Å². The second-order valence-corrected chi connectivity index (χ2v) is 2.75. The van der Waals surface area contributed by atoms with Gasteiger partial charge in [0.1, 0.15) is 0 Å². The summed E-state index contributed by atoms with van der Waals surface area (Å²) >= 11 is 0. The quantitative estimate of drug-likeness (QED) is 0.419. The van der Waals surface area contributed by atoms with E-state index in [2.05, 4.69) is 20.4 Å². The Morgan fingerprint density at radius 2 is 2.12 bits per heavy atom. The Bertz CT molecular complexity index is 90.6. The van der Waals surface area contributed by atoms with E-state index in [4.69, 9.17) is 0 Å². The lowest BCUT2D eigenvalue weighted by molar-refractivity contribution is 0.691. The molecule has 0 nitrogen and oxygen atoms in total. The molecule has 0 N–H and O–H groups in total. The summed E-state index contributed by atoms with van der Waals surface area (Å²) in [5, 5.41) is 0. The Labute approximate surface area is 51.6 Å². The Morgan fingerprint density at radius 3 is 2.25 bits per heavy atom. The van der Waals surface area contributed by atoms with Crippen LogP contribution in [0.5, 0.6) is 0 Å². The molecular formula is C8H13. The maximum Gasteiger partial charge on any atom is -0.0203 e. The second kappa shape index (κ2) is 1.93. The average molecular weight is 109 g/mol. The van der Waals surface area contributed by atoms with Gasteiger partial charge in [-0.2, -0.15) is 0 Å². The minimum Gasteiger partial charge on any atom is -0.0993 e. The molecule has 0 bridgehead atoms. The fourth-order valence-corrected chi connectivity index (χ4v) is 1.22. The zero-order chi connectivity index (χ0) is 6.15. The van der Waals surface area contributed by atoms with Gasteiger partial charge in [0.25, 0.3) is 0 Å². The summed E-state index contributed by atoms with van der Waals surface area (Å²) < 4.78 is 0. The maximum absolute atomic E-state index is 3.97. The monoisotopic (exact) mass is 109 g/mol. The Kier molecular flexibility index (Phi) is 1.41. The van der Waals surface area contributed by atoms with Crippen molar-refractivity contribution >= 4 is 0 Å². The smallest absolute Gasteiger partial charge is 0.0203 e. The molecule has 2 unspecified atom stereocenters. The third-order valence-corrected chi connectivity index (χ3v) is 2.11. The molecule has 0 heteroatoms. The molecule has 0 aliphatic heterocycles. The molecule has 1 saturated carbocycles. The van der Waals surface area contributed by atoms with E-state index in [0.717, 1.165) is 5.92 Å². The van der Waals surface area contributed by atoms with Crippen molar-refractivity contribution in [2.24, 2.45) is 11.8 Å². The van der Waals surface area contributed by atoms with Crippen molar-refractivity contribution in [1.82, 2.24) is 0 Å². The molecule has 0 aromatic carbocycles. The average Bonchev–Trinajstić information content (AvgIpc) is 1.98. The SMILES string of the molecule is [CH2]C1CCC(C)C1=C. The molecule has 2 atom stereocenters. The van der Waals surface area contributed by atoms with Gasteiger partial charge in [-0.1, -0.05) is 19.1 Å². The van der Waals surface area contributed by atoms with Crippen LogP contribution in [-0.4, -0.2) is 0 Å². The molecule has 0 aromatic heterocycles. The van der Waals surface area contributed by atoms with E-state index >= 15 is 0 Å². The van der Waals surface area contributed by atoms with Gasteiger partial charge in [0, 0.05) is 0 Å². The third kappa shape index (κ3) is 0.795. The Hall–Kier alpha value is -0.260. The number of hydrogen-bond donors (Lipinski definition) is 0. The lowest BCUT2D eigenvalue weighted by Crippen LogP contribution is -1.91. The molecule has 0 aromatic rings.